The molecule has 126 valence electrons. The number of carbonyl (C=O) groups excluding carboxylic acids is 1. The number of carbonyl (C=O) groups is 1. The summed E-state index contributed by atoms with van der Waals surface area (Å²) in [5, 5.41) is 3.26. The van der Waals surface area contributed by atoms with Crippen LogP contribution in [-0.4, -0.2) is 40.5 Å². The molecule has 1 saturated heterocycles. The predicted molar refractivity (Wildman–Crippen MR) is 89.0 cm³/mol. The molecule has 2 N–H and O–H groups in total. The lowest BCUT2D eigenvalue weighted by Gasteiger charge is -2.27. The molecule has 23 heavy (non-hydrogen) atoms. The van der Waals surface area contributed by atoms with Crippen LogP contribution < -0.4 is 14.9 Å². The van der Waals surface area contributed by atoms with Crippen LogP contribution in [0.2, 0.25) is 0 Å². The SMILES string of the molecule is CCNS(=O)(=O)c1ccc2c(c1)N(C(=O)C1CCNCC1)CC2. The lowest BCUT2D eigenvalue weighted by atomic mass is 9.96. The quantitative estimate of drug-likeness (QED) is 0.855. The maximum Gasteiger partial charge on any atom is 0.240 e. The Morgan fingerprint density at radius 1 is 1.35 bits per heavy atom. The van der Waals surface area contributed by atoms with Gasteiger partial charge >= 0.3 is 0 Å². The van der Waals surface area contributed by atoms with Crippen LogP contribution in [0.15, 0.2) is 23.1 Å². The third kappa shape index (κ3) is 3.27. The first kappa shape index (κ1) is 16.4. The van der Waals surface area contributed by atoms with E-state index in [9.17, 15) is 13.2 Å². The topological polar surface area (TPSA) is 78.5 Å². The fourth-order valence-electron chi connectivity index (χ4n) is 3.32. The van der Waals surface area contributed by atoms with Gasteiger partial charge < -0.3 is 10.2 Å². The largest absolute Gasteiger partial charge is 0.317 e. The number of nitrogens with zero attached hydrogens (tertiary/aromatic N) is 1. The van der Waals surface area contributed by atoms with Gasteiger partial charge in [-0.3, -0.25) is 4.79 Å². The zero-order valence-corrected chi connectivity index (χ0v) is 14.2. The molecule has 0 spiro atoms. The lowest BCUT2D eigenvalue weighted by Crippen LogP contribution is -2.40. The first-order valence-electron chi connectivity index (χ1n) is 8.17. The molecule has 1 amide bonds. The van der Waals surface area contributed by atoms with Crippen molar-refractivity contribution in [3.8, 4) is 0 Å². The van der Waals surface area contributed by atoms with Crippen molar-refractivity contribution in [1.29, 1.82) is 0 Å². The van der Waals surface area contributed by atoms with Crippen LogP contribution in [0.1, 0.15) is 25.3 Å². The summed E-state index contributed by atoms with van der Waals surface area (Å²) in [7, 11) is -3.50. The molecule has 1 aromatic carbocycles. The van der Waals surface area contributed by atoms with Crippen molar-refractivity contribution in [1.82, 2.24) is 10.0 Å². The third-order valence-electron chi connectivity index (χ3n) is 4.55. The Labute approximate surface area is 137 Å². The fraction of sp³-hybridized carbons (Fsp3) is 0.562. The van der Waals surface area contributed by atoms with Gasteiger partial charge in [-0.05, 0) is 50.0 Å². The van der Waals surface area contributed by atoms with Crippen molar-refractivity contribution in [3.63, 3.8) is 0 Å². The Kier molecular flexibility index (Phi) is 4.70. The molecule has 0 aliphatic carbocycles. The summed E-state index contributed by atoms with van der Waals surface area (Å²) in [4.78, 5) is 14.8. The number of benzene rings is 1. The van der Waals surface area contributed by atoms with Crippen molar-refractivity contribution < 1.29 is 13.2 Å². The van der Waals surface area contributed by atoms with Gasteiger partial charge in [0.05, 0.1) is 4.90 Å². The normalized spacial score (nSPS) is 18.9. The Morgan fingerprint density at radius 2 is 2.09 bits per heavy atom. The zero-order valence-electron chi connectivity index (χ0n) is 13.3. The number of anilines is 1. The average molecular weight is 337 g/mol. The summed E-state index contributed by atoms with van der Waals surface area (Å²) in [6.07, 6.45) is 2.48. The monoisotopic (exact) mass is 337 g/mol. The van der Waals surface area contributed by atoms with E-state index in [1.54, 1.807) is 24.0 Å². The van der Waals surface area contributed by atoms with E-state index in [-0.39, 0.29) is 16.7 Å². The van der Waals surface area contributed by atoms with Gasteiger partial charge in [-0.2, -0.15) is 0 Å². The van der Waals surface area contributed by atoms with Gasteiger partial charge in [0.2, 0.25) is 15.9 Å². The summed E-state index contributed by atoms with van der Waals surface area (Å²) in [6.45, 7) is 4.47. The second-order valence-corrected chi connectivity index (χ2v) is 7.82. The van der Waals surface area contributed by atoms with Crippen LogP contribution in [0.3, 0.4) is 0 Å². The summed E-state index contributed by atoms with van der Waals surface area (Å²) in [5.41, 5.74) is 1.80. The van der Waals surface area contributed by atoms with E-state index in [4.69, 9.17) is 0 Å². The third-order valence-corrected chi connectivity index (χ3v) is 6.09. The minimum Gasteiger partial charge on any atom is -0.317 e. The first-order valence-corrected chi connectivity index (χ1v) is 9.66. The molecule has 7 heteroatoms. The van der Waals surface area contributed by atoms with Gasteiger partial charge in [-0.1, -0.05) is 13.0 Å². The molecule has 0 unspecified atom stereocenters. The summed E-state index contributed by atoms with van der Waals surface area (Å²) in [6, 6.07) is 5.09. The van der Waals surface area contributed by atoms with Crippen molar-refractivity contribution in [2.45, 2.75) is 31.1 Å². The number of sulfonamides is 1. The van der Waals surface area contributed by atoms with Crippen molar-refractivity contribution in [2.24, 2.45) is 5.92 Å². The van der Waals surface area contributed by atoms with Gasteiger partial charge in [-0.25, -0.2) is 13.1 Å². The highest BCUT2D eigenvalue weighted by atomic mass is 32.2. The van der Waals surface area contributed by atoms with Crippen LogP contribution in [0.4, 0.5) is 5.69 Å². The summed E-state index contributed by atoms with van der Waals surface area (Å²) < 4.78 is 26.9. The van der Waals surface area contributed by atoms with E-state index < -0.39 is 10.0 Å². The van der Waals surface area contributed by atoms with Crippen LogP contribution >= 0.6 is 0 Å². The number of hydrogen-bond acceptors (Lipinski definition) is 4. The van der Waals surface area contributed by atoms with E-state index in [1.807, 2.05) is 6.07 Å². The Balaban J connectivity index is 1.87. The van der Waals surface area contributed by atoms with Crippen LogP contribution in [0.5, 0.6) is 0 Å². The van der Waals surface area contributed by atoms with Crippen LogP contribution in [0, 0.1) is 5.92 Å². The number of fused-ring (bicyclic) bond motifs is 1. The molecule has 0 bridgehead atoms. The molecular formula is C16H23N3O3S. The molecule has 3 rings (SSSR count). The van der Waals surface area contributed by atoms with Crippen molar-refractivity contribution in [2.75, 3.05) is 31.1 Å². The Hall–Kier alpha value is -1.44. The highest BCUT2D eigenvalue weighted by Crippen LogP contribution is 2.32. The zero-order chi connectivity index (χ0) is 16.4. The number of hydrogen-bond donors (Lipinski definition) is 2. The number of nitrogens with one attached hydrogen (secondary N) is 2. The minimum absolute atomic E-state index is 0.0382. The number of rotatable bonds is 4. The highest BCUT2D eigenvalue weighted by Gasteiger charge is 2.31. The molecular weight excluding hydrogens is 314 g/mol. The molecule has 0 atom stereocenters. The van der Waals surface area contributed by atoms with Crippen LogP contribution in [-0.2, 0) is 21.2 Å². The average Bonchev–Trinajstić information content (AvgIpc) is 2.98. The predicted octanol–water partition coefficient (Wildman–Crippen LogP) is 0.873. The maximum absolute atomic E-state index is 12.8. The van der Waals surface area contributed by atoms with Gasteiger partial charge in [0.15, 0.2) is 0 Å². The lowest BCUT2D eigenvalue weighted by molar-refractivity contribution is -0.123. The molecule has 0 radical (unpaired) electrons. The maximum atomic E-state index is 12.8. The van der Waals surface area contributed by atoms with E-state index in [0.717, 1.165) is 43.6 Å². The number of piperidine rings is 1. The van der Waals surface area contributed by atoms with Gasteiger partial charge in [0.1, 0.15) is 0 Å². The molecule has 2 aliphatic rings. The smallest absolute Gasteiger partial charge is 0.240 e. The first-order chi connectivity index (χ1) is 11.0. The van der Waals surface area contributed by atoms with E-state index >= 15 is 0 Å². The van der Waals surface area contributed by atoms with Crippen molar-refractivity contribution in [3.05, 3.63) is 23.8 Å². The molecule has 2 aliphatic heterocycles. The molecule has 0 saturated carbocycles. The van der Waals surface area contributed by atoms with Gasteiger partial charge in [0, 0.05) is 24.7 Å². The molecule has 0 aromatic heterocycles. The van der Waals surface area contributed by atoms with Gasteiger partial charge in [-0.15, -0.1) is 0 Å². The fourth-order valence-corrected chi connectivity index (χ4v) is 4.38. The van der Waals surface area contributed by atoms with E-state index in [1.165, 1.54) is 0 Å². The molecule has 1 aromatic rings. The van der Waals surface area contributed by atoms with Crippen LogP contribution in [0.25, 0.3) is 0 Å². The minimum atomic E-state index is -3.50. The second kappa shape index (κ2) is 6.59. The molecule has 2 heterocycles. The second-order valence-electron chi connectivity index (χ2n) is 6.06. The van der Waals surface area contributed by atoms with E-state index in [2.05, 4.69) is 10.0 Å². The van der Waals surface area contributed by atoms with Crippen molar-refractivity contribution >= 4 is 21.6 Å². The van der Waals surface area contributed by atoms with E-state index in [0.29, 0.717) is 13.1 Å². The van der Waals surface area contributed by atoms with Gasteiger partial charge in [0.25, 0.3) is 0 Å². The Morgan fingerprint density at radius 3 is 2.78 bits per heavy atom. The standard InChI is InChI=1S/C16H23N3O3S/c1-2-18-23(21,22)14-4-3-12-7-10-19(15(12)11-14)16(20)13-5-8-17-9-6-13/h3-4,11,13,17-18H,2,5-10H2,1H3. The molecule has 6 nitrogen and oxygen atoms in total. The molecule has 1 fully saturated rings. The Bertz CT molecular complexity index is 697. The summed E-state index contributed by atoms with van der Waals surface area (Å²) >= 11 is 0. The highest BCUT2D eigenvalue weighted by molar-refractivity contribution is 7.89. The number of amides is 1. The summed E-state index contributed by atoms with van der Waals surface area (Å²) in [5.74, 6) is 0.166.